The lowest BCUT2D eigenvalue weighted by atomic mass is 9.83. The van der Waals surface area contributed by atoms with Gasteiger partial charge in [-0.2, -0.15) is 0 Å². The summed E-state index contributed by atoms with van der Waals surface area (Å²) < 4.78 is 0. The van der Waals surface area contributed by atoms with Crippen LogP contribution in [0.25, 0.3) is 11.1 Å². The van der Waals surface area contributed by atoms with Crippen LogP contribution in [0.5, 0.6) is 0 Å². The highest BCUT2D eigenvalue weighted by Crippen LogP contribution is 2.33. The van der Waals surface area contributed by atoms with E-state index in [-0.39, 0.29) is 5.92 Å². The van der Waals surface area contributed by atoms with Gasteiger partial charge in [-0.3, -0.25) is 14.6 Å². The van der Waals surface area contributed by atoms with Gasteiger partial charge in [0.25, 0.3) is 5.91 Å². The molecule has 4 aromatic rings. The molecule has 0 aliphatic heterocycles. The van der Waals surface area contributed by atoms with E-state index >= 15 is 0 Å². The summed E-state index contributed by atoms with van der Waals surface area (Å²) in [6.45, 7) is 5.41. The number of aliphatic carboxylic acids is 1. The Bertz CT molecular complexity index is 1490. The molecule has 1 aromatic heterocycles. The summed E-state index contributed by atoms with van der Waals surface area (Å²) in [6.07, 6.45) is 2.22. The molecule has 4 rings (SSSR count). The highest BCUT2D eigenvalue weighted by Gasteiger charge is 2.21. The Morgan fingerprint density at radius 2 is 1.54 bits per heavy atom. The van der Waals surface area contributed by atoms with Crippen molar-refractivity contribution in [2.75, 3.05) is 0 Å². The van der Waals surface area contributed by atoms with Crippen LogP contribution in [0.4, 0.5) is 0 Å². The van der Waals surface area contributed by atoms with E-state index in [0.29, 0.717) is 17.7 Å². The third-order valence-electron chi connectivity index (χ3n) is 6.82. The lowest BCUT2D eigenvalue weighted by Crippen LogP contribution is -2.38. The van der Waals surface area contributed by atoms with Crippen LogP contribution in [0.3, 0.4) is 0 Å². The van der Waals surface area contributed by atoms with Gasteiger partial charge in [-0.25, -0.2) is 0 Å². The quantitative estimate of drug-likeness (QED) is 0.143. The number of carboxylic acid groups (broad SMARTS) is 1. The topological polar surface area (TPSA) is 112 Å². The summed E-state index contributed by atoms with van der Waals surface area (Å²) in [5.74, 6) is -1.56. The van der Waals surface area contributed by atoms with Gasteiger partial charge in [0.1, 0.15) is 6.04 Å². The molecule has 0 bridgehead atoms. The molecule has 0 unspecified atom stereocenters. The number of benzene rings is 3. The van der Waals surface area contributed by atoms with Gasteiger partial charge in [-0.15, -0.1) is 0 Å². The third kappa shape index (κ3) is 6.57. The lowest BCUT2D eigenvalue weighted by molar-refractivity contribution is -0.138. The molecule has 1 heterocycles. The fourth-order valence-corrected chi connectivity index (χ4v) is 4.58. The van der Waals surface area contributed by atoms with E-state index in [1.54, 1.807) is 18.3 Å². The van der Waals surface area contributed by atoms with Crippen molar-refractivity contribution in [3.05, 3.63) is 125 Å². The first-order valence-corrected chi connectivity index (χ1v) is 12.7. The molecule has 0 aliphatic rings. The van der Waals surface area contributed by atoms with Crippen LogP contribution < -0.4 is 5.32 Å². The average Bonchev–Trinajstić information content (AvgIpc) is 2.94. The van der Waals surface area contributed by atoms with Crippen LogP contribution in [0.15, 0.2) is 96.3 Å². The third-order valence-corrected chi connectivity index (χ3v) is 6.82. The van der Waals surface area contributed by atoms with Gasteiger partial charge in [-0.05, 0) is 72.9 Å². The predicted octanol–water partition coefficient (Wildman–Crippen LogP) is 5.97. The fourth-order valence-electron chi connectivity index (χ4n) is 4.58. The molecular formula is C32H31N3O4. The summed E-state index contributed by atoms with van der Waals surface area (Å²) in [5, 5.41) is 25.1. The zero-order valence-corrected chi connectivity index (χ0v) is 22.1. The highest BCUT2D eigenvalue weighted by atomic mass is 16.4. The lowest BCUT2D eigenvalue weighted by Gasteiger charge is -2.21. The Balaban J connectivity index is 1.60. The first-order chi connectivity index (χ1) is 18.8. The summed E-state index contributed by atoms with van der Waals surface area (Å²) in [7, 11) is 0. The van der Waals surface area contributed by atoms with E-state index in [1.807, 2.05) is 55.5 Å². The number of rotatable bonds is 9. The molecule has 3 N–H and O–H groups in total. The van der Waals surface area contributed by atoms with Crippen molar-refractivity contribution in [3.63, 3.8) is 0 Å². The molecule has 3 aromatic carbocycles. The number of pyridine rings is 1. The molecule has 0 saturated carbocycles. The van der Waals surface area contributed by atoms with Crippen molar-refractivity contribution >= 4 is 17.6 Å². The molecule has 198 valence electrons. The van der Waals surface area contributed by atoms with E-state index in [0.717, 1.165) is 39.1 Å². The molecule has 0 fully saturated rings. The molecule has 1 amide bonds. The standard InChI is InChI=1S/C32H31N3O4/c1-20-6-4-5-7-28(20)29(19-30(35-39)27-16-17-33-21(2)18-27)25-12-8-23(9-13-25)24-10-14-26(15-11-24)31(36)34-22(3)32(37)38/h4-18,22,29,39H,19H2,1-3H3,(H,34,36)(H,37,38)/b35-30-/t22-,29-/m0/s1. The molecule has 0 spiro atoms. The summed E-state index contributed by atoms with van der Waals surface area (Å²) in [5.41, 5.74) is 7.97. The minimum absolute atomic E-state index is 0.0399. The number of amides is 1. The van der Waals surface area contributed by atoms with Gasteiger partial charge in [0.15, 0.2) is 0 Å². The van der Waals surface area contributed by atoms with Crippen LogP contribution in [0.1, 0.15) is 57.6 Å². The molecule has 0 saturated heterocycles. The van der Waals surface area contributed by atoms with Gasteiger partial charge in [-0.1, -0.05) is 65.8 Å². The number of nitrogens with one attached hydrogen (secondary N) is 1. The monoisotopic (exact) mass is 521 g/mol. The highest BCUT2D eigenvalue weighted by molar-refractivity contribution is 6.01. The Hall–Kier alpha value is -4.78. The van der Waals surface area contributed by atoms with Crippen LogP contribution in [-0.2, 0) is 4.79 Å². The normalized spacial score (nSPS) is 12.9. The fraction of sp³-hybridized carbons (Fsp3) is 0.188. The van der Waals surface area contributed by atoms with Crippen molar-refractivity contribution in [3.8, 4) is 11.1 Å². The van der Waals surface area contributed by atoms with Gasteiger partial charge in [0.05, 0.1) is 5.71 Å². The number of carboxylic acids is 1. The Labute approximate surface area is 227 Å². The van der Waals surface area contributed by atoms with E-state index in [2.05, 4.69) is 46.6 Å². The number of hydrogen-bond acceptors (Lipinski definition) is 5. The maximum atomic E-state index is 12.3. The van der Waals surface area contributed by atoms with Crippen molar-refractivity contribution in [2.24, 2.45) is 5.16 Å². The first kappa shape index (κ1) is 27.3. The van der Waals surface area contributed by atoms with E-state index < -0.39 is 17.9 Å². The number of hydrogen-bond donors (Lipinski definition) is 3. The zero-order chi connectivity index (χ0) is 27.9. The van der Waals surface area contributed by atoms with E-state index in [1.165, 1.54) is 6.92 Å². The molecule has 39 heavy (non-hydrogen) atoms. The number of carbonyl (C=O) groups is 2. The van der Waals surface area contributed by atoms with E-state index in [9.17, 15) is 14.8 Å². The predicted molar refractivity (Wildman–Crippen MR) is 151 cm³/mol. The largest absolute Gasteiger partial charge is 0.480 e. The molecule has 2 atom stereocenters. The van der Waals surface area contributed by atoms with E-state index in [4.69, 9.17) is 5.11 Å². The molecule has 0 aliphatic carbocycles. The minimum Gasteiger partial charge on any atom is -0.480 e. The van der Waals surface area contributed by atoms with Gasteiger partial charge in [0, 0.05) is 35.4 Å². The minimum atomic E-state index is -1.09. The summed E-state index contributed by atoms with van der Waals surface area (Å²) >= 11 is 0. The number of aromatic nitrogens is 1. The van der Waals surface area contributed by atoms with Crippen molar-refractivity contribution in [1.29, 1.82) is 0 Å². The number of nitrogens with zero attached hydrogens (tertiary/aromatic N) is 2. The first-order valence-electron chi connectivity index (χ1n) is 12.7. The zero-order valence-electron chi connectivity index (χ0n) is 22.1. The van der Waals surface area contributed by atoms with Crippen LogP contribution in [0, 0.1) is 13.8 Å². The van der Waals surface area contributed by atoms with Crippen molar-refractivity contribution in [2.45, 2.75) is 39.2 Å². The van der Waals surface area contributed by atoms with Crippen molar-refractivity contribution in [1.82, 2.24) is 10.3 Å². The molecule has 7 nitrogen and oxygen atoms in total. The molecule has 0 radical (unpaired) electrons. The van der Waals surface area contributed by atoms with Crippen LogP contribution >= 0.6 is 0 Å². The second-order valence-corrected chi connectivity index (χ2v) is 9.58. The Morgan fingerprint density at radius 1 is 0.897 bits per heavy atom. The Morgan fingerprint density at radius 3 is 2.13 bits per heavy atom. The number of aryl methyl sites for hydroxylation is 2. The van der Waals surface area contributed by atoms with Gasteiger partial charge in [0.2, 0.25) is 0 Å². The Kier molecular flexibility index (Phi) is 8.51. The second-order valence-electron chi connectivity index (χ2n) is 9.58. The molecule has 7 heteroatoms. The maximum Gasteiger partial charge on any atom is 0.325 e. The SMILES string of the molecule is Cc1cc(/C(C[C@@H](c2ccc(-c3ccc(C(=O)N[C@@H](C)C(=O)O)cc3)cc2)c2ccccc2C)=N\O)ccn1. The smallest absolute Gasteiger partial charge is 0.325 e. The van der Waals surface area contributed by atoms with Gasteiger partial charge >= 0.3 is 5.97 Å². The maximum absolute atomic E-state index is 12.3. The average molecular weight is 522 g/mol. The van der Waals surface area contributed by atoms with Crippen LogP contribution in [-0.4, -0.2) is 38.9 Å². The second kappa shape index (κ2) is 12.2. The summed E-state index contributed by atoms with van der Waals surface area (Å²) in [4.78, 5) is 27.6. The van der Waals surface area contributed by atoms with Gasteiger partial charge < -0.3 is 15.6 Å². The number of carbonyl (C=O) groups excluding carboxylic acids is 1. The number of oxime groups is 1. The summed E-state index contributed by atoms with van der Waals surface area (Å²) in [6, 6.07) is 26.3. The van der Waals surface area contributed by atoms with Crippen LogP contribution in [0.2, 0.25) is 0 Å². The van der Waals surface area contributed by atoms with Crippen molar-refractivity contribution < 1.29 is 19.9 Å². The molecular weight excluding hydrogens is 490 g/mol.